The van der Waals surface area contributed by atoms with E-state index >= 15 is 0 Å². The molecule has 2 amide bonds. The monoisotopic (exact) mass is 368 g/mol. The molecule has 2 atom stereocenters. The summed E-state index contributed by atoms with van der Waals surface area (Å²) in [6.07, 6.45) is 0.752. The van der Waals surface area contributed by atoms with Crippen molar-refractivity contribution in [2.24, 2.45) is 5.41 Å². The van der Waals surface area contributed by atoms with Crippen LogP contribution in [-0.4, -0.2) is 46.4 Å². The Balaban J connectivity index is 1.40. The molecule has 6 nitrogen and oxygen atoms in total. The fourth-order valence-corrected chi connectivity index (χ4v) is 4.00. The average molecular weight is 368 g/mol. The number of ether oxygens (including phenoxy) is 1. The lowest BCUT2D eigenvalue weighted by molar-refractivity contribution is -0.186. The fourth-order valence-electron chi connectivity index (χ4n) is 4.00. The van der Waals surface area contributed by atoms with Crippen molar-refractivity contribution in [2.75, 3.05) is 18.4 Å². The van der Waals surface area contributed by atoms with Crippen molar-refractivity contribution in [3.8, 4) is 11.5 Å². The number of piperidine rings is 1. The van der Waals surface area contributed by atoms with Gasteiger partial charge in [-0.25, -0.2) is 4.79 Å². The maximum absolute atomic E-state index is 12.7. The van der Waals surface area contributed by atoms with Crippen molar-refractivity contribution in [3.05, 3.63) is 54.6 Å². The highest BCUT2D eigenvalue weighted by atomic mass is 16.5. The van der Waals surface area contributed by atoms with Crippen molar-refractivity contribution in [1.82, 2.24) is 4.90 Å². The number of nitrogens with zero attached hydrogens (tertiary/aromatic N) is 1. The normalized spacial score (nSPS) is 23.6. The number of benzene rings is 2. The van der Waals surface area contributed by atoms with E-state index in [2.05, 4.69) is 5.32 Å². The van der Waals surface area contributed by atoms with Gasteiger partial charge in [-0.1, -0.05) is 30.3 Å². The highest BCUT2D eigenvalue weighted by Gasteiger charge is 2.55. The zero-order valence-corrected chi connectivity index (χ0v) is 15.0. The molecule has 1 aliphatic heterocycles. The first-order valence-electron chi connectivity index (χ1n) is 9.32. The number of nitrogens with one attached hydrogen (secondary N) is 1. The summed E-state index contributed by atoms with van der Waals surface area (Å²) in [7, 11) is 0. The number of amides is 2. The number of carbonyl (C=O) groups is 1. The van der Waals surface area contributed by atoms with Gasteiger partial charge in [0, 0.05) is 24.9 Å². The molecular formula is C21H24N2O4. The van der Waals surface area contributed by atoms with Crippen molar-refractivity contribution >= 4 is 11.7 Å². The predicted octanol–water partition coefficient (Wildman–Crippen LogP) is 3.22. The number of likely N-dealkylation sites (tertiary alicyclic amines) is 1. The van der Waals surface area contributed by atoms with Crippen LogP contribution in [0.5, 0.6) is 11.5 Å². The molecule has 2 fully saturated rings. The summed E-state index contributed by atoms with van der Waals surface area (Å²) in [6, 6.07) is 16.5. The van der Waals surface area contributed by atoms with Crippen molar-refractivity contribution in [1.29, 1.82) is 0 Å². The Morgan fingerprint density at radius 2 is 1.63 bits per heavy atom. The molecule has 4 rings (SSSR count). The van der Waals surface area contributed by atoms with Gasteiger partial charge in [-0.2, -0.15) is 0 Å². The molecule has 1 aliphatic carbocycles. The van der Waals surface area contributed by atoms with Gasteiger partial charge in [0.15, 0.2) is 5.75 Å². The van der Waals surface area contributed by atoms with Crippen LogP contribution in [0.1, 0.15) is 19.3 Å². The SMILES string of the molecule is O=C(Nc1ccccc1Oc1ccccc1)N1CCC2(CC1)C(O)CC2O. The number of aliphatic hydroxyl groups excluding tert-OH is 2. The molecule has 0 aromatic heterocycles. The molecule has 0 radical (unpaired) electrons. The third-order valence-electron chi connectivity index (χ3n) is 5.86. The van der Waals surface area contributed by atoms with Gasteiger partial charge >= 0.3 is 6.03 Å². The van der Waals surface area contributed by atoms with Gasteiger partial charge in [0.2, 0.25) is 0 Å². The van der Waals surface area contributed by atoms with Crippen LogP contribution in [0.25, 0.3) is 0 Å². The Hall–Kier alpha value is -2.57. The molecule has 27 heavy (non-hydrogen) atoms. The summed E-state index contributed by atoms with van der Waals surface area (Å²) in [5, 5.41) is 23.0. The summed E-state index contributed by atoms with van der Waals surface area (Å²) in [6.45, 7) is 1.03. The maximum Gasteiger partial charge on any atom is 0.321 e. The molecule has 6 heteroatoms. The van der Waals surface area contributed by atoms with Gasteiger partial charge in [-0.3, -0.25) is 0 Å². The Labute approximate surface area is 158 Å². The summed E-state index contributed by atoms with van der Waals surface area (Å²) >= 11 is 0. The van der Waals surface area contributed by atoms with E-state index in [0.29, 0.717) is 49.5 Å². The molecule has 0 bridgehead atoms. The molecule has 2 unspecified atom stereocenters. The topological polar surface area (TPSA) is 82.0 Å². The van der Waals surface area contributed by atoms with Crippen LogP contribution < -0.4 is 10.1 Å². The van der Waals surface area contributed by atoms with Crippen LogP contribution in [-0.2, 0) is 0 Å². The number of anilines is 1. The third-order valence-corrected chi connectivity index (χ3v) is 5.86. The van der Waals surface area contributed by atoms with Crippen LogP contribution in [0.15, 0.2) is 54.6 Å². The second-order valence-corrected chi connectivity index (χ2v) is 7.33. The Morgan fingerprint density at radius 1 is 1.00 bits per heavy atom. The third kappa shape index (κ3) is 3.38. The molecule has 2 aromatic rings. The van der Waals surface area contributed by atoms with Crippen LogP contribution >= 0.6 is 0 Å². The summed E-state index contributed by atoms with van der Waals surface area (Å²) in [4.78, 5) is 14.4. The van der Waals surface area contributed by atoms with E-state index in [1.165, 1.54) is 0 Å². The molecule has 2 aliphatic rings. The second-order valence-electron chi connectivity index (χ2n) is 7.33. The van der Waals surface area contributed by atoms with E-state index in [-0.39, 0.29) is 6.03 Å². The van der Waals surface area contributed by atoms with Crippen molar-refractivity contribution in [3.63, 3.8) is 0 Å². The summed E-state index contributed by atoms with van der Waals surface area (Å²) < 4.78 is 5.89. The summed E-state index contributed by atoms with van der Waals surface area (Å²) in [5.74, 6) is 1.28. The Bertz CT molecular complexity index is 793. The number of hydrogen-bond acceptors (Lipinski definition) is 4. The first-order chi connectivity index (χ1) is 13.1. The second kappa shape index (κ2) is 7.21. The van der Waals surface area contributed by atoms with Gasteiger partial charge in [0.1, 0.15) is 5.75 Å². The van der Waals surface area contributed by atoms with Crippen LogP contribution in [0.4, 0.5) is 10.5 Å². The molecule has 142 valence electrons. The van der Waals surface area contributed by atoms with Crippen LogP contribution in [0, 0.1) is 5.41 Å². The van der Waals surface area contributed by atoms with Crippen LogP contribution in [0.3, 0.4) is 0 Å². The van der Waals surface area contributed by atoms with E-state index in [9.17, 15) is 15.0 Å². The number of carbonyl (C=O) groups excluding carboxylic acids is 1. The minimum Gasteiger partial charge on any atom is -0.455 e. The quantitative estimate of drug-likeness (QED) is 0.777. The van der Waals surface area contributed by atoms with Gasteiger partial charge in [0.25, 0.3) is 0 Å². The lowest BCUT2D eigenvalue weighted by Gasteiger charge is -2.54. The van der Waals surface area contributed by atoms with Crippen LogP contribution in [0.2, 0.25) is 0 Å². The standard InChI is InChI=1S/C21H24N2O4/c24-18-14-19(25)21(18)10-12-23(13-11-21)20(26)22-16-8-4-5-9-17(16)27-15-6-2-1-3-7-15/h1-9,18-19,24-25H,10-14H2,(H,22,26). The maximum atomic E-state index is 12.7. The Kier molecular flexibility index (Phi) is 4.76. The molecule has 1 saturated carbocycles. The molecular weight excluding hydrogens is 344 g/mol. The van der Waals surface area contributed by atoms with Gasteiger partial charge in [-0.05, 0) is 37.1 Å². The Morgan fingerprint density at radius 3 is 2.30 bits per heavy atom. The highest BCUT2D eigenvalue weighted by molar-refractivity contribution is 5.91. The summed E-state index contributed by atoms with van der Waals surface area (Å²) in [5.41, 5.74) is 0.181. The van der Waals surface area contributed by atoms with E-state index in [0.717, 1.165) is 0 Å². The minimum atomic E-state index is -0.460. The fraction of sp³-hybridized carbons (Fsp3) is 0.381. The first kappa shape index (κ1) is 17.8. The predicted molar refractivity (Wildman–Crippen MR) is 102 cm³/mol. The lowest BCUT2D eigenvalue weighted by Crippen LogP contribution is -2.62. The van der Waals surface area contributed by atoms with E-state index in [4.69, 9.17) is 4.74 Å². The molecule has 1 saturated heterocycles. The van der Waals surface area contributed by atoms with E-state index < -0.39 is 17.6 Å². The number of urea groups is 1. The van der Waals surface area contributed by atoms with Crippen molar-refractivity contribution < 1.29 is 19.7 Å². The first-order valence-corrected chi connectivity index (χ1v) is 9.32. The number of aliphatic hydroxyl groups is 2. The number of rotatable bonds is 3. The van der Waals surface area contributed by atoms with Crippen molar-refractivity contribution in [2.45, 2.75) is 31.5 Å². The van der Waals surface area contributed by atoms with Gasteiger partial charge < -0.3 is 25.2 Å². The molecule has 1 heterocycles. The largest absolute Gasteiger partial charge is 0.455 e. The van der Waals surface area contributed by atoms with E-state index in [1.54, 1.807) is 11.0 Å². The molecule has 1 spiro atoms. The minimum absolute atomic E-state index is 0.197. The van der Waals surface area contributed by atoms with Gasteiger partial charge in [0.05, 0.1) is 17.9 Å². The number of hydrogen-bond donors (Lipinski definition) is 3. The lowest BCUT2D eigenvalue weighted by atomic mass is 9.58. The van der Waals surface area contributed by atoms with E-state index in [1.807, 2.05) is 48.5 Å². The number of para-hydroxylation sites is 3. The zero-order chi connectivity index (χ0) is 18.9. The molecule has 3 N–H and O–H groups in total. The smallest absolute Gasteiger partial charge is 0.321 e. The highest BCUT2D eigenvalue weighted by Crippen LogP contribution is 2.49. The molecule has 2 aromatic carbocycles. The van der Waals surface area contributed by atoms with Gasteiger partial charge in [-0.15, -0.1) is 0 Å². The average Bonchev–Trinajstić information content (AvgIpc) is 2.70. The zero-order valence-electron chi connectivity index (χ0n) is 15.0.